The number of halogens is 2. The zero-order chi connectivity index (χ0) is 25.6. The third kappa shape index (κ3) is 6.31. The summed E-state index contributed by atoms with van der Waals surface area (Å²) in [6.45, 7) is -0.615. The number of aliphatic hydroxyl groups is 1. The van der Waals surface area contributed by atoms with Crippen molar-refractivity contribution in [3.05, 3.63) is 32.3 Å². The van der Waals surface area contributed by atoms with Crippen LogP contribution in [0.5, 0.6) is 0 Å². The first-order chi connectivity index (χ1) is 14.8. The first kappa shape index (κ1) is 27.7. The zero-order valence-corrected chi connectivity index (χ0v) is 18.7. The van der Waals surface area contributed by atoms with Crippen LogP contribution in [0.4, 0.5) is 8.78 Å². The number of aromatic amines is 1. The molecule has 1 aliphatic rings. The lowest BCUT2D eigenvalue weighted by atomic mass is 9.98. The maximum Gasteiger partial charge on any atom is 0.490 e. The van der Waals surface area contributed by atoms with Crippen LogP contribution >= 0.6 is 23.5 Å². The summed E-state index contributed by atoms with van der Waals surface area (Å²) in [5.41, 5.74) is -6.95. The average molecular weight is 542 g/mol. The van der Waals surface area contributed by atoms with Gasteiger partial charge in [-0.05, 0) is 12.8 Å². The van der Waals surface area contributed by atoms with Gasteiger partial charge in [0.1, 0.15) is 17.9 Å². The van der Waals surface area contributed by atoms with Gasteiger partial charge in [-0.2, -0.15) is 13.0 Å². The Morgan fingerprint density at radius 1 is 1.21 bits per heavy atom. The van der Waals surface area contributed by atoms with Crippen molar-refractivity contribution < 1.29 is 65.0 Å². The lowest BCUT2D eigenvalue weighted by Crippen LogP contribution is -2.45. The second kappa shape index (κ2) is 9.23. The summed E-state index contributed by atoms with van der Waals surface area (Å²) in [6.07, 6.45) is -1.33. The molecule has 1 fully saturated rings. The Kier molecular flexibility index (Phi) is 7.74. The first-order valence-electron chi connectivity index (χ1n) is 8.13. The van der Waals surface area contributed by atoms with E-state index in [4.69, 9.17) is 25.8 Å². The highest BCUT2D eigenvalue weighted by Crippen LogP contribution is 2.66. The highest BCUT2D eigenvalue weighted by atomic mass is 31.3. The molecule has 1 aliphatic heterocycles. The predicted molar refractivity (Wildman–Crippen MR) is 98.5 cm³/mol. The molecule has 6 N–H and O–H groups in total. The largest absolute Gasteiger partial charge is 0.490 e. The summed E-state index contributed by atoms with van der Waals surface area (Å²) in [6, 6.07) is 0. The van der Waals surface area contributed by atoms with E-state index in [1.807, 2.05) is 0 Å². The van der Waals surface area contributed by atoms with Gasteiger partial charge in [0.2, 0.25) is 5.82 Å². The Hall–Kier alpha value is -1.57. The lowest BCUT2D eigenvalue weighted by Gasteiger charge is -2.25. The van der Waals surface area contributed by atoms with Crippen LogP contribution in [0.15, 0.2) is 9.59 Å². The molecule has 1 saturated heterocycles. The number of nitrogens with zero attached hydrogens (tertiary/aromatic N) is 1. The summed E-state index contributed by atoms with van der Waals surface area (Å²) in [7, 11) is -17.1. The molecule has 0 spiro atoms. The van der Waals surface area contributed by atoms with Gasteiger partial charge in [0.15, 0.2) is 11.9 Å². The molecule has 186 valence electrons. The van der Waals surface area contributed by atoms with Gasteiger partial charge in [-0.1, -0.05) is 0 Å². The number of ether oxygens (including phenoxy) is 1. The van der Waals surface area contributed by atoms with Crippen LogP contribution in [0.1, 0.15) is 18.8 Å². The minimum absolute atomic E-state index is 0.158. The quantitative estimate of drug-likeness (QED) is 0.170. The van der Waals surface area contributed by atoms with Crippen molar-refractivity contribution in [2.24, 2.45) is 0 Å². The number of hydrogen-bond donors (Lipinski definition) is 6. The van der Waals surface area contributed by atoms with Crippen LogP contribution in [0.2, 0.25) is 0 Å². The third-order valence-electron chi connectivity index (χ3n) is 3.99. The number of aromatic nitrogens is 2. The van der Waals surface area contributed by atoms with E-state index in [9.17, 15) is 37.7 Å². The number of phosphoric acid groups is 3. The highest BCUT2D eigenvalue weighted by molar-refractivity contribution is 7.66. The Morgan fingerprint density at radius 2 is 1.79 bits per heavy atom. The van der Waals surface area contributed by atoms with Crippen molar-refractivity contribution in [2.45, 2.75) is 31.0 Å². The predicted octanol–water partition coefficient (Wildman–Crippen LogP) is -1.01. The van der Waals surface area contributed by atoms with E-state index in [0.29, 0.717) is 6.92 Å². The maximum atomic E-state index is 15.2. The van der Waals surface area contributed by atoms with Crippen LogP contribution in [-0.4, -0.2) is 58.7 Å². The summed E-state index contributed by atoms with van der Waals surface area (Å²) in [5, 5.41) is 10.2. The van der Waals surface area contributed by atoms with Crippen molar-refractivity contribution in [1.29, 1.82) is 0 Å². The standard InChI is InChI=1S/C12H15F2N2O14P3/c1-3-5-7(13)9(18)15-11(19)16(5)10-12(2,14)8(17)6(28-10)4-27-32(23,24)30-33(25,26)29-31(20,21)22/h1,6,8,10,17H,4H2,2H3,(H,23,24)(H,25,26)(H,15,18,19)(H2,20,21,22)/t6-,8?,10-,12-/m1/s1. The van der Waals surface area contributed by atoms with Gasteiger partial charge < -0.3 is 29.4 Å². The molecule has 1 aromatic heterocycles. The minimum atomic E-state index is -5.85. The molecule has 21 heteroatoms. The molecule has 16 nitrogen and oxygen atoms in total. The summed E-state index contributed by atoms with van der Waals surface area (Å²) in [4.78, 5) is 60.4. The first-order valence-corrected chi connectivity index (χ1v) is 12.6. The summed E-state index contributed by atoms with van der Waals surface area (Å²) < 4.78 is 79.3. The van der Waals surface area contributed by atoms with Gasteiger partial charge in [0.25, 0.3) is 5.56 Å². The monoisotopic (exact) mass is 542 g/mol. The van der Waals surface area contributed by atoms with Crippen LogP contribution in [0.3, 0.4) is 0 Å². The van der Waals surface area contributed by atoms with E-state index >= 15 is 4.39 Å². The molecule has 0 saturated carbocycles. The molecule has 33 heavy (non-hydrogen) atoms. The van der Waals surface area contributed by atoms with Gasteiger partial charge in [-0.15, -0.1) is 6.42 Å². The topological polar surface area (TPSA) is 244 Å². The molecule has 0 aromatic carbocycles. The Balaban J connectivity index is 2.27. The fraction of sp³-hybridized carbons (Fsp3) is 0.500. The van der Waals surface area contributed by atoms with Crippen molar-refractivity contribution in [3.8, 4) is 12.3 Å². The number of aliphatic hydroxyl groups excluding tert-OH is 1. The van der Waals surface area contributed by atoms with Crippen molar-refractivity contribution in [2.75, 3.05) is 6.61 Å². The SMILES string of the molecule is C#Cc1c(F)c(=O)[nH]c(=O)n1[C@@H]1O[C@H](COP(=O)(O)OP(=O)(O)OP(=O)(O)O)C(O)[C@@]1(C)F. The van der Waals surface area contributed by atoms with Crippen LogP contribution < -0.4 is 11.2 Å². The number of phosphoric ester groups is 1. The fourth-order valence-corrected chi connectivity index (χ4v) is 5.71. The normalized spacial score (nSPS) is 29.2. The molecular weight excluding hydrogens is 527 g/mol. The molecule has 0 radical (unpaired) electrons. The molecule has 0 aliphatic carbocycles. The van der Waals surface area contributed by atoms with Crippen LogP contribution in [-0.2, 0) is 31.6 Å². The summed E-state index contributed by atoms with van der Waals surface area (Å²) >= 11 is 0. The number of alkyl halides is 1. The number of hydrogen-bond acceptors (Lipinski definition) is 10. The average Bonchev–Trinajstić information content (AvgIpc) is 2.83. The second-order valence-corrected chi connectivity index (χ2v) is 10.9. The number of H-pyrrole nitrogens is 1. The van der Waals surface area contributed by atoms with E-state index in [-0.39, 0.29) is 4.57 Å². The molecule has 2 rings (SSSR count). The third-order valence-corrected chi connectivity index (χ3v) is 7.80. The molecular formula is C12H15F2N2O14P3. The number of rotatable bonds is 8. The van der Waals surface area contributed by atoms with Crippen molar-refractivity contribution in [3.63, 3.8) is 0 Å². The van der Waals surface area contributed by atoms with Crippen molar-refractivity contribution in [1.82, 2.24) is 9.55 Å². The molecule has 2 heterocycles. The summed E-state index contributed by atoms with van der Waals surface area (Å²) in [5.74, 6) is 0.00760. The molecule has 1 aromatic rings. The second-order valence-electron chi connectivity index (χ2n) is 6.45. The van der Waals surface area contributed by atoms with E-state index in [1.54, 1.807) is 5.92 Å². The van der Waals surface area contributed by atoms with Gasteiger partial charge in [-0.25, -0.2) is 22.9 Å². The van der Waals surface area contributed by atoms with Gasteiger partial charge in [-0.3, -0.25) is 18.9 Å². The highest BCUT2D eigenvalue weighted by Gasteiger charge is 2.56. The fourth-order valence-electron chi connectivity index (χ4n) is 2.68. The molecule has 3 unspecified atom stereocenters. The van der Waals surface area contributed by atoms with E-state index < -0.39 is 76.9 Å². The van der Waals surface area contributed by atoms with E-state index in [2.05, 4.69) is 13.1 Å². The van der Waals surface area contributed by atoms with Crippen LogP contribution in [0, 0.1) is 18.2 Å². The molecule has 0 amide bonds. The Morgan fingerprint density at radius 3 is 2.30 bits per heavy atom. The van der Waals surface area contributed by atoms with Gasteiger partial charge in [0, 0.05) is 0 Å². The Bertz CT molecular complexity index is 1230. The number of nitrogens with one attached hydrogen (secondary N) is 1. The van der Waals surface area contributed by atoms with Crippen molar-refractivity contribution >= 4 is 23.5 Å². The van der Waals surface area contributed by atoms with E-state index in [1.165, 1.54) is 4.98 Å². The Labute approximate surface area is 181 Å². The zero-order valence-electron chi connectivity index (χ0n) is 16.0. The molecule has 6 atom stereocenters. The maximum absolute atomic E-state index is 15.2. The van der Waals surface area contributed by atoms with Gasteiger partial charge >= 0.3 is 29.2 Å². The number of terminal acetylenes is 1. The smallest absolute Gasteiger partial charge is 0.387 e. The van der Waals surface area contributed by atoms with Gasteiger partial charge in [0.05, 0.1) is 6.61 Å². The van der Waals surface area contributed by atoms with E-state index in [0.717, 1.165) is 0 Å². The molecule has 0 bridgehead atoms. The minimum Gasteiger partial charge on any atom is -0.387 e. The lowest BCUT2D eigenvalue weighted by molar-refractivity contribution is -0.0613. The van der Waals surface area contributed by atoms with Crippen LogP contribution in [0.25, 0.3) is 0 Å².